The summed E-state index contributed by atoms with van der Waals surface area (Å²) in [5, 5.41) is 3.04. The van der Waals surface area contributed by atoms with Gasteiger partial charge in [-0.25, -0.2) is 0 Å². The Balaban J connectivity index is 2.35. The fourth-order valence-electron chi connectivity index (χ4n) is 2.44. The third-order valence-electron chi connectivity index (χ3n) is 4.64. The van der Waals surface area contributed by atoms with Gasteiger partial charge in [0.1, 0.15) is 0 Å². The number of rotatable bonds is 7. The van der Waals surface area contributed by atoms with E-state index in [0.29, 0.717) is 6.04 Å². The molecule has 0 aromatic rings. The first-order valence-electron chi connectivity index (χ1n) is 7.38. The maximum Gasteiger partial charge on any atom is 0.237 e. The molecule has 1 saturated heterocycles. The Kier molecular flexibility index (Phi) is 6.23. The predicted octanol–water partition coefficient (Wildman–Crippen LogP) is 0.256. The second-order valence-corrected chi connectivity index (χ2v) is 5.83. The van der Waals surface area contributed by atoms with Gasteiger partial charge in [0.2, 0.25) is 5.91 Å². The Morgan fingerprint density at radius 3 is 2.37 bits per heavy atom. The van der Waals surface area contributed by atoms with Crippen LogP contribution in [-0.2, 0) is 4.79 Å². The molecule has 0 aliphatic carbocycles. The van der Waals surface area contributed by atoms with E-state index in [1.54, 1.807) is 7.05 Å². The van der Waals surface area contributed by atoms with Crippen molar-refractivity contribution in [2.45, 2.75) is 45.2 Å². The van der Waals surface area contributed by atoms with Gasteiger partial charge >= 0.3 is 0 Å². The number of primary amides is 1. The highest BCUT2D eigenvalue weighted by Crippen LogP contribution is 2.13. The van der Waals surface area contributed by atoms with Gasteiger partial charge < -0.3 is 16.0 Å². The van der Waals surface area contributed by atoms with E-state index >= 15 is 0 Å². The number of likely N-dealkylation sites (N-methyl/N-ethyl adjacent to an activating group) is 1. The Morgan fingerprint density at radius 2 is 1.95 bits per heavy atom. The molecule has 112 valence electrons. The molecule has 0 spiro atoms. The minimum Gasteiger partial charge on any atom is -0.368 e. The van der Waals surface area contributed by atoms with Crippen molar-refractivity contribution in [3.63, 3.8) is 0 Å². The number of carbonyl (C=O) groups is 1. The molecule has 1 aliphatic heterocycles. The highest BCUT2D eigenvalue weighted by Gasteiger charge is 2.30. The third kappa shape index (κ3) is 4.44. The van der Waals surface area contributed by atoms with E-state index in [9.17, 15) is 4.79 Å². The van der Waals surface area contributed by atoms with E-state index in [1.165, 1.54) is 6.42 Å². The van der Waals surface area contributed by atoms with Crippen molar-refractivity contribution in [2.24, 2.45) is 5.73 Å². The number of hydrogen-bond acceptors (Lipinski definition) is 4. The van der Waals surface area contributed by atoms with Gasteiger partial charge in [-0.15, -0.1) is 0 Å². The summed E-state index contributed by atoms with van der Waals surface area (Å²) < 4.78 is 0. The molecule has 0 saturated carbocycles. The van der Waals surface area contributed by atoms with E-state index in [2.05, 4.69) is 29.0 Å². The summed E-state index contributed by atoms with van der Waals surface area (Å²) in [5.74, 6) is -0.270. The Hall–Kier alpha value is -0.650. The summed E-state index contributed by atoms with van der Waals surface area (Å²) in [6, 6.07) is 0.676. The van der Waals surface area contributed by atoms with Gasteiger partial charge in [0.05, 0.1) is 5.54 Å². The topological polar surface area (TPSA) is 61.6 Å². The van der Waals surface area contributed by atoms with Gasteiger partial charge in [-0.3, -0.25) is 9.69 Å². The number of nitrogens with zero attached hydrogens (tertiary/aromatic N) is 2. The van der Waals surface area contributed by atoms with E-state index in [-0.39, 0.29) is 5.91 Å². The van der Waals surface area contributed by atoms with E-state index < -0.39 is 5.54 Å². The molecule has 3 N–H and O–H groups in total. The highest BCUT2D eigenvalue weighted by molar-refractivity contribution is 5.84. The van der Waals surface area contributed by atoms with Gasteiger partial charge in [-0.05, 0) is 33.7 Å². The Morgan fingerprint density at radius 1 is 1.37 bits per heavy atom. The van der Waals surface area contributed by atoms with Crippen molar-refractivity contribution < 1.29 is 4.79 Å². The van der Waals surface area contributed by atoms with E-state index in [4.69, 9.17) is 5.73 Å². The van der Waals surface area contributed by atoms with E-state index in [1.807, 2.05) is 6.92 Å². The van der Waals surface area contributed by atoms with Crippen molar-refractivity contribution in [1.29, 1.82) is 0 Å². The average molecular weight is 270 g/mol. The summed E-state index contributed by atoms with van der Waals surface area (Å²) >= 11 is 0. The van der Waals surface area contributed by atoms with Crippen LogP contribution in [0.2, 0.25) is 0 Å². The fraction of sp³-hybridized carbons (Fsp3) is 0.929. The lowest BCUT2D eigenvalue weighted by Gasteiger charge is -2.39. The predicted molar refractivity (Wildman–Crippen MR) is 79.0 cm³/mol. The normalized spacial score (nSPS) is 22.9. The molecule has 19 heavy (non-hydrogen) atoms. The van der Waals surface area contributed by atoms with Crippen molar-refractivity contribution in [1.82, 2.24) is 15.1 Å². The largest absolute Gasteiger partial charge is 0.368 e. The third-order valence-corrected chi connectivity index (χ3v) is 4.64. The van der Waals surface area contributed by atoms with Crippen molar-refractivity contribution in [3.8, 4) is 0 Å². The van der Waals surface area contributed by atoms with Gasteiger partial charge in [0.25, 0.3) is 0 Å². The molecular formula is C14H30N4O. The molecule has 1 heterocycles. The van der Waals surface area contributed by atoms with Crippen LogP contribution >= 0.6 is 0 Å². The number of piperazine rings is 1. The second kappa shape index (κ2) is 7.22. The molecule has 0 aromatic heterocycles. The van der Waals surface area contributed by atoms with Crippen LogP contribution in [0.25, 0.3) is 0 Å². The minimum absolute atomic E-state index is 0.270. The summed E-state index contributed by atoms with van der Waals surface area (Å²) in [6.45, 7) is 11.8. The molecule has 0 bridgehead atoms. The standard InChI is InChI=1S/C14H30N4O/c1-5-12(2)18-10-8-17(9-11-18)7-6-14(3,16-4)13(15)19/h12,16H,5-11H2,1-4H3,(H2,15,19). The first kappa shape index (κ1) is 16.4. The molecule has 0 radical (unpaired) electrons. The Bertz CT molecular complexity index is 289. The molecule has 5 heteroatoms. The summed E-state index contributed by atoms with van der Waals surface area (Å²) in [5.41, 5.74) is 4.86. The molecule has 1 aliphatic rings. The fourth-order valence-corrected chi connectivity index (χ4v) is 2.44. The van der Waals surface area contributed by atoms with Gasteiger partial charge in [0, 0.05) is 38.8 Å². The first-order chi connectivity index (χ1) is 8.92. The van der Waals surface area contributed by atoms with Crippen LogP contribution < -0.4 is 11.1 Å². The monoisotopic (exact) mass is 270 g/mol. The number of hydrogen-bond donors (Lipinski definition) is 2. The number of nitrogens with two attached hydrogens (primary N) is 1. The van der Waals surface area contributed by atoms with Crippen LogP contribution in [0.4, 0.5) is 0 Å². The zero-order valence-corrected chi connectivity index (χ0v) is 12.9. The van der Waals surface area contributed by atoms with Crippen LogP contribution in [-0.4, -0.2) is 67.1 Å². The maximum absolute atomic E-state index is 11.4. The lowest BCUT2D eigenvalue weighted by atomic mass is 9.97. The second-order valence-electron chi connectivity index (χ2n) is 5.83. The highest BCUT2D eigenvalue weighted by atomic mass is 16.1. The molecule has 0 aromatic carbocycles. The molecule has 1 fully saturated rings. The van der Waals surface area contributed by atoms with Crippen molar-refractivity contribution >= 4 is 5.91 Å². The molecule has 5 nitrogen and oxygen atoms in total. The van der Waals surface area contributed by atoms with Gasteiger partial charge in [-0.1, -0.05) is 6.92 Å². The van der Waals surface area contributed by atoms with Gasteiger partial charge in [0.15, 0.2) is 0 Å². The van der Waals surface area contributed by atoms with Crippen LogP contribution in [0, 0.1) is 0 Å². The van der Waals surface area contributed by atoms with Gasteiger partial charge in [-0.2, -0.15) is 0 Å². The summed E-state index contributed by atoms with van der Waals surface area (Å²) in [7, 11) is 1.80. The number of nitrogens with one attached hydrogen (secondary N) is 1. The molecule has 1 amide bonds. The van der Waals surface area contributed by atoms with Crippen LogP contribution in [0.3, 0.4) is 0 Å². The molecule has 1 rings (SSSR count). The maximum atomic E-state index is 11.4. The van der Waals surface area contributed by atoms with Crippen LogP contribution in [0.15, 0.2) is 0 Å². The zero-order chi connectivity index (χ0) is 14.5. The lowest BCUT2D eigenvalue weighted by molar-refractivity contribution is -0.124. The minimum atomic E-state index is -0.589. The Labute approximate surface area is 117 Å². The van der Waals surface area contributed by atoms with Crippen LogP contribution in [0.5, 0.6) is 0 Å². The molecule has 2 unspecified atom stereocenters. The number of carbonyl (C=O) groups excluding carboxylic acids is 1. The SMILES string of the molecule is CCC(C)N1CCN(CCC(C)(NC)C(N)=O)CC1. The van der Waals surface area contributed by atoms with Crippen molar-refractivity contribution in [2.75, 3.05) is 39.8 Å². The smallest absolute Gasteiger partial charge is 0.237 e. The van der Waals surface area contributed by atoms with E-state index in [0.717, 1.165) is 39.1 Å². The zero-order valence-electron chi connectivity index (χ0n) is 12.9. The lowest BCUT2D eigenvalue weighted by Crippen LogP contribution is -2.55. The summed E-state index contributed by atoms with van der Waals surface area (Å²) in [6.07, 6.45) is 1.97. The molecule has 2 atom stereocenters. The quantitative estimate of drug-likeness (QED) is 0.696. The van der Waals surface area contributed by atoms with Crippen molar-refractivity contribution in [3.05, 3.63) is 0 Å². The van der Waals surface area contributed by atoms with Crippen LogP contribution in [0.1, 0.15) is 33.6 Å². The summed E-state index contributed by atoms with van der Waals surface area (Å²) in [4.78, 5) is 16.4. The number of amides is 1. The average Bonchev–Trinajstić information content (AvgIpc) is 2.44. The molecular weight excluding hydrogens is 240 g/mol. The first-order valence-corrected chi connectivity index (χ1v) is 7.38.